The summed E-state index contributed by atoms with van der Waals surface area (Å²) in [6.07, 6.45) is 0.130. The van der Waals surface area contributed by atoms with Crippen molar-refractivity contribution in [3.8, 4) is 12.3 Å². The number of carbonyl (C=O) groups is 1. The van der Waals surface area contributed by atoms with Crippen LogP contribution in [0.15, 0.2) is 0 Å². The number of halogens is 3. The van der Waals surface area contributed by atoms with Gasteiger partial charge in [-0.25, -0.2) is 0 Å². The first kappa shape index (κ1) is 17.5. The molecule has 1 N–H and O–H groups in total. The second kappa shape index (κ2) is 7.81. The van der Waals surface area contributed by atoms with E-state index in [0.29, 0.717) is 5.94 Å². The molecule has 3 nitrogen and oxygen atoms in total. The van der Waals surface area contributed by atoms with E-state index < -0.39 is 16.8 Å². The third-order valence-corrected chi connectivity index (χ3v) is 4.51. The van der Waals surface area contributed by atoms with E-state index in [4.69, 9.17) is 11.2 Å². The zero-order chi connectivity index (χ0) is 14.2. The van der Waals surface area contributed by atoms with Gasteiger partial charge in [0.05, 0.1) is 0 Å². The molecule has 0 saturated heterocycles. The van der Waals surface area contributed by atoms with Crippen molar-refractivity contribution in [2.75, 3.05) is 19.1 Å². The fraction of sp³-hybridized carbons (Fsp3) is 0.700. The molecule has 0 bridgehead atoms. The van der Waals surface area contributed by atoms with Crippen LogP contribution in [-0.4, -0.2) is 35.9 Å². The first-order valence-corrected chi connectivity index (χ1v) is 7.18. The minimum Gasteiger partial charge on any atom is -0.357 e. The Morgan fingerprint density at radius 3 is 2.56 bits per heavy atom. The molecular weight excluding hydrogens is 287 g/mol. The second-order valence-corrected chi connectivity index (χ2v) is 6.76. The van der Waals surface area contributed by atoms with E-state index in [1.54, 1.807) is 13.8 Å². The minimum atomic E-state index is -4.84. The van der Waals surface area contributed by atoms with Gasteiger partial charge in [0.25, 0.3) is 0 Å². The van der Waals surface area contributed by atoms with Crippen molar-refractivity contribution in [2.45, 2.75) is 24.8 Å². The molecular formula is C10H14F3NO2S2. The molecule has 0 aromatic carbocycles. The molecule has 0 fully saturated rings. The molecule has 0 aromatic rings. The van der Waals surface area contributed by atoms with Crippen molar-refractivity contribution >= 4 is 27.5 Å². The van der Waals surface area contributed by atoms with Crippen LogP contribution in [0.5, 0.6) is 0 Å². The van der Waals surface area contributed by atoms with Gasteiger partial charge in [-0.05, 0) is 13.8 Å². The van der Waals surface area contributed by atoms with Crippen molar-refractivity contribution in [1.29, 1.82) is 0 Å². The van der Waals surface area contributed by atoms with E-state index >= 15 is 0 Å². The molecule has 18 heavy (non-hydrogen) atoms. The Labute approximate surface area is 112 Å². The molecule has 0 heterocycles. The van der Waals surface area contributed by atoms with Gasteiger partial charge in [-0.2, -0.15) is 13.2 Å². The van der Waals surface area contributed by atoms with Gasteiger partial charge in [0.1, 0.15) is 12.5 Å². The zero-order valence-electron chi connectivity index (χ0n) is 9.97. The van der Waals surface area contributed by atoms with E-state index in [-0.39, 0.29) is 13.2 Å². The van der Waals surface area contributed by atoms with Gasteiger partial charge in [0, 0.05) is 11.3 Å². The Morgan fingerprint density at radius 1 is 1.44 bits per heavy atom. The molecule has 0 rings (SSSR count). The Morgan fingerprint density at radius 2 is 2.06 bits per heavy atom. The van der Waals surface area contributed by atoms with Crippen molar-refractivity contribution in [3.63, 3.8) is 0 Å². The quantitative estimate of drug-likeness (QED) is 0.339. The highest BCUT2D eigenvalue weighted by Crippen LogP contribution is 2.35. The molecule has 0 spiro atoms. The summed E-state index contributed by atoms with van der Waals surface area (Å²) in [5, 5.41) is 1.84. The summed E-state index contributed by atoms with van der Waals surface area (Å²) in [6, 6.07) is 0. The molecule has 0 aliphatic carbocycles. The van der Waals surface area contributed by atoms with Crippen molar-refractivity contribution < 1.29 is 22.7 Å². The normalized spacial score (nSPS) is 12.0. The monoisotopic (exact) mass is 301 g/mol. The van der Waals surface area contributed by atoms with Crippen molar-refractivity contribution in [1.82, 2.24) is 5.32 Å². The third kappa shape index (κ3) is 8.55. The molecule has 0 aliphatic rings. The number of carbonyl (C=O) groups excluding carboxylic acids is 1. The Kier molecular flexibility index (Phi) is 7.59. The van der Waals surface area contributed by atoms with Crippen molar-refractivity contribution in [2.24, 2.45) is 0 Å². The van der Waals surface area contributed by atoms with E-state index in [1.165, 1.54) is 21.6 Å². The summed E-state index contributed by atoms with van der Waals surface area (Å²) in [4.78, 5) is 10.6. The second-order valence-electron chi connectivity index (χ2n) is 3.81. The van der Waals surface area contributed by atoms with Crippen LogP contribution >= 0.6 is 21.6 Å². The van der Waals surface area contributed by atoms with Crippen LogP contribution in [0.2, 0.25) is 0 Å². The standard InChI is InChI=1S/C10H14F3NO2S2/c1-4-5-16-7-17-18-9(2,3)6-14-8(15)10(11,12)13/h1H,5-7H2,2-3H3,(H,14,15). The van der Waals surface area contributed by atoms with E-state index in [1.807, 2.05) is 5.32 Å². The molecule has 0 aromatic heterocycles. The van der Waals surface area contributed by atoms with Gasteiger partial charge < -0.3 is 10.1 Å². The summed E-state index contributed by atoms with van der Waals surface area (Å²) in [5.41, 5.74) is 0. The van der Waals surface area contributed by atoms with E-state index in [9.17, 15) is 18.0 Å². The molecule has 0 radical (unpaired) electrons. The maximum absolute atomic E-state index is 12.0. The molecule has 1 amide bonds. The highest BCUT2D eigenvalue weighted by Gasteiger charge is 2.39. The fourth-order valence-electron chi connectivity index (χ4n) is 0.741. The number of alkyl halides is 3. The SMILES string of the molecule is C#CCOCSSC(C)(C)CNC(=O)C(F)(F)F. The summed E-state index contributed by atoms with van der Waals surface area (Å²) in [6.45, 7) is 3.56. The van der Waals surface area contributed by atoms with Gasteiger partial charge >= 0.3 is 12.1 Å². The maximum Gasteiger partial charge on any atom is 0.471 e. The molecule has 0 unspecified atom stereocenters. The van der Waals surface area contributed by atoms with Crippen LogP contribution in [-0.2, 0) is 9.53 Å². The third-order valence-electron chi connectivity index (χ3n) is 1.53. The Hall–Kier alpha value is -0.520. The first-order valence-electron chi connectivity index (χ1n) is 4.86. The summed E-state index contributed by atoms with van der Waals surface area (Å²) >= 11 is 0. The molecule has 0 aliphatic heterocycles. The average molecular weight is 301 g/mol. The topological polar surface area (TPSA) is 38.3 Å². The largest absolute Gasteiger partial charge is 0.471 e. The van der Waals surface area contributed by atoms with Gasteiger partial charge in [0.2, 0.25) is 0 Å². The molecule has 0 atom stereocenters. The lowest BCUT2D eigenvalue weighted by Crippen LogP contribution is -2.42. The van der Waals surface area contributed by atoms with Crippen LogP contribution in [0, 0.1) is 12.3 Å². The number of ether oxygens (including phenoxy) is 1. The summed E-state index contributed by atoms with van der Waals surface area (Å²) in [5.74, 6) is 0.708. The van der Waals surface area contributed by atoms with Gasteiger partial charge in [-0.3, -0.25) is 4.79 Å². The lowest BCUT2D eigenvalue weighted by Gasteiger charge is -2.23. The smallest absolute Gasteiger partial charge is 0.357 e. The first-order chi connectivity index (χ1) is 8.19. The van der Waals surface area contributed by atoms with Gasteiger partial charge in [0.15, 0.2) is 0 Å². The van der Waals surface area contributed by atoms with E-state index in [0.717, 1.165) is 0 Å². The van der Waals surface area contributed by atoms with Crippen LogP contribution in [0.3, 0.4) is 0 Å². The van der Waals surface area contributed by atoms with Crippen LogP contribution < -0.4 is 5.32 Å². The number of terminal acetylenes is 1. The van der Waals surface area contributed by atoms with Crippen LogP contribution in [0.4, 0.5) is 13.2 Å². The van der Waals surface area contributed by atoms with Crippen LogP contribution in [0.25, 0.3) is 0 Å². The molecule has 8 heteroatoms. The molecule has 0 saturated carbocycles. The number of hydrogen-bond acceptors (Lipinski definition) is 4. The highest BCUT2D eigenvalue weighted by atomic mass is 33.1. The Balaban J connectivity index is 3.87. The summed E-state index contributed by atoms with van der Waals surface area (Å²) in [7, 11) is 2.65. The lowest BCUT2D eigenvalue weighted by atomic mass is 10.2. The van der Waals surface area contributed by atoms with Gasteiger partial charge in [-0.15, -0.1) is 6.42 Å². The highest BCUT2D eigenvalue weighted by molar-refractivity contribution is 8.77. The zero-order valence-corrected chi connectivity index (χ0v) is 11.6. The maximum atomic E-state index is 12.0. The molecule has 104 valence electrons. The lowest BCUT2D eigenvalue weighted by molar-refractivity contribution is -0.173. The van der Waals surface area contributed by atoms with Gasteiger partial charge in [-0.1, -0.05) is 27.5 Å². The predicted molar refractivity (Wildman–Crippen MR) is 68.0 cm³/mol. The predicted octanol–water partition coefficient (Wildman–Crippen LogP) is 2.43. The number of nitrogens with one attached hydrogen (secondary N) is 1. The average Bonchev–Trinajstić information content (AvgIpc) is 2.24. The number of hydrogen-bond donors (Lipinski definition) is 1. The van der Waals surface area contributed by atoms with E-state index in [2.05, 4.69) is 5.92 Å². The van der Waals surface area contributed by atoms with Crippen molar-refractivity contribution in [3.05, 3.63) is 0 Å². The number of rotatable bonds is 7. The summed E-state index contributed by atoms with van der Waals surface area (Å²) < 4.78 is 40.3. The minimum absolute atomic E-state index is 0.0852. The fourth-order valence-corrected chi connectivity index (χ4v) is 2.87. The number of amides is 1. The van der Waals surface area contributed by atoms with Crippen LogP contribution in [0.1, 0.15) is 13.8 Å². The Bertz CT molecular complexity index is 313.